The molecule has 4 heteroatoms. The minimum atomic E-state index is 0.687. The summed E-state index contributed by atoms with van der Waals surface area (Å²) in [6.45, 7) is 0.687. The highest BCUT2D eigenvalue weighted by Crippen LogP contribution is 2.07. The van der Waals surface area contributed by atoms with Crippen LogP contribution in [0.5, 0.6) is 0 Å². The number of guanidine groups is 1. The zero-order valence-corrected chi connectivity index (χ0v) is 5.94. The van der Waals surface area contributed by atoms with Crippen LogP contribution in [0.25, 0.3) is 0 Å². The van der Waals surface area contributed by atoms with Crippen LogP contribution in [0.2, 0.25) is 0 Å². The van der Waals surface area contributed by atoms with Crippen LogP contribution in [-0.4, -0.2) is 23.6 Å². The molecule has 56 valence electrons. The van der Waals surface area contributed by atoms with E-state index in [1.165, 1.54) is 0 Å². The number of allylic oxidation sites excluding steroid dienone is 1. The van der Waals surface area contributed by atoms with Crippen molar-refractivity contribution in [2.75, 3.05) is 6.54 Å². The largest absolute Gasteiger partial charge is 0.399 e. The normalized spacial score (nSPS) is 20.9. The van der Waals surface area contributed by atoms with E-state index in [1.807, 2.05) is 17.2 Å². The van der Waals surface area contributed by atoms with Gasteiger partial charge in [0, 0.05) is 18.1 Å². The minimum Gasteiger partial charge on any atom is -0.399 e. The first kappa shape index (κ1) is 6.15. The molecule has 0 saturated carbocycles. The first-order chi connectivity index (χ1) is 5.36. The summed E-state index contributed by atoms with van der Waals surface area (Å²) in [4.78, 5) is 9.99. The second-order valence-corrected chi connectivity index (χ2v) is 2.38. The molecule has 0 atom stereocenters. The van der Waals surface area contributed by atoms with Crippen molar-refractivity contribution >= 4 is 12.2 Å². The van der Waals surface area contributed by atoms with Gasteiger partial charge in [-0.25, -0.2) is 9.98 Å². The van der Waals surface area contributed by atoms with Gasteiger partial charge in [-0.2, -0.15) is 0 Å². The minimum absolute atomic E-state index is 0.687. The van der Waals surface area contributed by atoms with Gasteiger partial charge in [-0.3, -0.25) is 0 Å². The zero-order chi connectivity index (χ0) is 7.68. The van der Waals surface area contributed by atoms with Crippen molar-refractivity contribution in [3.63, 3.8) is 0 Å². The molecule has 0 aliphatic carbocycles. The molecule has 2 rings (SSSR count). The van der Waals surface area contributed by atoms with Crippen molar-refractivity contribution in [2.45, 2.75) is 0 Å². The number of nitrogens with two attached hydrogens (primary N) is 1. The maximum absolute atomic E-state index is 5.57. The summed E-state index contributed by atoms with van der Waals surface area (Å²) < 4.78 is 0. The molecule has 2 heterocycles. The lowest BCUT2D eigenvalue weighted by molar-refractivity contribution is 0.581. The number of hydrogen-bond donors (Lipinski definition) is 1. The summed E-state index contributed by atoms with van der Waals surface area (Å²) >= 11 is 0. The Morgan fingerprint density at radius 3 is 3.36 bits per heavy atom. The van der Waals surface area contributed by atoms with Gasteiger partial charge in [0.15, 0.2) is 0 Å². The fourth-order valence-electron chi connectivity index (χ4n) is 1.00. The van der Waals surface area contributed by atoms with E-state index < -0.39 is 0 Å². The van der Waals surface area contributed by atoms with E-state index in [2.05, 4.69) is 9.98 Å². The molecular formula is C7H8N4. The monoisotopic (exact) mass is 148 g/mol. The Hall–Kier alpha value is -1.58. The first-order valence-electron chi connectivity index (χ1n) is 3.36. The summed E-state index contributed by atoms with van der Waals surface area (Å²) in [6, 6.07) is 0. The first-order valence-corrected chi connectivity index (χ1v) is 3.36. The summed E-state index contributed by atoms with van der Waals surface area (Å²) in [5, 5.41) is 0. The van der Waals surface area contributed by atoms with Gasteiger partial charge >= 0.3 is 0 Å². The Labute approximate surface area is 64.4 Å². The molecule has 2 aliphatic heterocycles. The van der Waals surface area contributed by atoms with Crippen LogP contribution < -0.4 is 5.73 Å². The number of rotatable bonds is 0. The number of nitrogens with zero attached hydrogens (tertiary/aromatic N) is 3. The average Bonchev–Trinajstić information content (AvgIpc) is 2.04. The Balaban J connectivity index is 2.33. The fraction of sp³-hybridized carbons (Fsp3) is 0.143. The third kappa shape index (κ3) is 1.02. The predicted molar refractivity (Wildman–Crippen MR) is 44.0 cm³/mol. The van der Waals surface area contributed by atoms with Gasteiger partial charge in [0.2, 0.25) is 5.96 Å². The van der Waals surface area contributed by atoms with Crippen LogP contribution in [0.4, 0.5) is 0 Å². The van der Waals surface area contributed by atoms with Crippen LogP contribution in [0.3, 0.4) is 0 Å². The van der Waals surface area contributed by atoms with Gasteiger partial charge < -0.3 is 10.6 Å². The van der Waals surface area contributed by atoms with E-state index >= 15 is 0 Å². The molecule has 0 amide bonds. The van der Waals surface area contributed by atoms with E-state index in [9.17, 15) is 0 Å². The van der Waals surface area contributed by atoms with Crippen molar-refractivity contribution in [2.24, 2.45) is 15.7 Å². The van der Waals surface area contributed by atoms with E-state index in [4.69, 9.17) is 5.73 Å². The average molecular weight is 148 g/mol. The predicted octanol–water partition coefficient (Wildman–Crippen LogP) is 0.0562. The van der Waals surface area contributed by atoms with Crippen LogP contribution in [0.1, 0.15) is 0 Å². The Morgan fingerprint density at radius 2 is 2.45 bits per heavy atom. The van der Waals surface area contributed by atoms with Gasteiger partial charge in [0.05, 0.1) is 12.7 Å². The van der Waals surface area contributed by atoms with Crippen LogP contribution in [-0.2, 0) is 0 Å². The molecule has 0 aromatic heterocycles. The van der Waals surface area contributed by atoms with Gasteiger partial charge in [0.1, 0.15) is 0 Å². The molecule has 11 heavy (non-hydrogen) atoms. The van der Waals surface area contributed by atoms with Gasteiger partial charge in [-0.15, -0.1) is 0 Å². The second kappa shape index (κ2) is 2.23. The van der Waals surface area contributed by atoms with Crippen LogP contribution in [0.15, 0.2) is 34.2 Å². The van der Waals surface area contributed by atoms with Crippen LogP contribution in [0, 0.1) is 0 Å². The third-order valence-electron chi connectivity index (χ3n) is 1.50. The van der Waals surface area contributed by atoms with E-state index in [1.54, 1.807) is 12.4 Å². The SMILES string of the molecule is NC1=CN=C2N=CC=CN2C1. The number of hydrogen-bond acceptors (Lipinski definition) is 4. The summed E-state index contributed by atoms with van der Waals surface area (Å²) in [5.41, 5.74) is 6.33. The van der Waals surface area contributed by atoms with Crippen molar-refractivity contribution in [3.8, 4) is 0 Å². The number of fused-ring (bicyclic) bond motifs is 1. The van der Waals surface area contributed by atoms with Crippen molar-refractivity contribution in [1.82, 2.24) is 4.90 Å². The summed E-state index contributed by atoms with van der Waals surface area (Å²) in [5.74, 6) is 0.710. The molecule has 0 radical (unpaired) electrons. The smallest absolute Gasteiger partial charge is 0.229 e. The maximum Gasteiger partial charge on any atom is 0.229 e. The van der Waals surface area contributed by atoms with E-state index in [-0.39, 0.29) is 0 Å². The lowest BCUT2D eigenvalue weighted by Gasteiger charge is -2.23. The highest BCUT2D eigenvalue weighted by Gasteiger charge is 2.12. The molecule has 0 spiro atoms. The summed E-state index contributed by atoms with van der Waals surface area (Å²) in [7, 11) is 0. The van der Waals surface area contributed by atoms with E-state index in [0.717, 1.165) is 5.70 Å². The highest BCUT2D eigenvalue weighted by molar-refractivity contribution is 5.95. The number of aliphatic imine (C=N–C) groups is 2. The molecule has 2 N–H and O–H groups in total. The fourth-order valence-corrected chi connectivity index (χ4v) is 1.00. The highest BCUT2D eigenvalue weighted by atomic mass is 15.3. The van der Waals surface area contributed by atoms with E-state index in [0.29, 0.717) is 12.5 Å². The van der Waals surface area contributed by atoms with Crippen molar-refractivity contribution in [1.29, 1.82) is 0 Å². The Bertz CT molecular complexity index is 285. The van der Waals surface area contributed by atoms with Crippen molar-refractivity contribution < 1.29 is 0 Å². The lowest BCUT2D eigenvalue weighted by atomic mass is 10.4. The molecular weight excluding hydrogens is 140 g/mol. The lowest BCUT2D eigenvalue weighted by Crippen LogP contribution is -2.32. The summed E-state index contributed by atoms with van der Waals surface area (Å²) in [6.07, 6.45) is 7.12. The molecule has 0 bridgehead atoms. The maximum atomic E-state index is 5.57. The van der Waals surface area contributed by atoms with Gasteiger partial charge in [-0.1, -0.05) is 0 Å². The Kier molecular flexibility index (Phi) is 1.25. The van der Waals surface area contributed by atoms with Gasteiger partial charge in [-0.05, 0) is 6.08 Å². The molecule has 0 aromatic carbocycles. The second-order valence-electron chi connectivity index (χ2n) is 2.38. The molecule has 4 nitrogen and oxygen atoms in total. The zero-order valence-electron chi connectivity index (χ0n) is 5.94. The molecule has 0 aromatic rings. The molecule has 0 saturated heterocycles. The topological polar surface area (TPSA) is 54.0 Å². The Morgan fingerprint density at radius 1 is 1.55 bits per heavy atom. The standard InChI is InChI=1S/C7H8N4/c8-6-4-10-7-9-2-1-3-11(7)5-6/h1-4H,5,8H2. The van der Waals surface area contributed by atoms with Crippen molar-refractivity contribution in [3.05, 3.63) is 24.2 Å². The quantitative estimate of drug-likeness (QED) is 0.528. The van der Waals surface area contributed by atoms with Gasteiger partial charge in [0.25, 0.3) is 0 Å². The third-order valence-corrected chi connectivity index (χ3v) is 1.50. The molecule has 0 fully saturated rings. The molecule has 0 unspecified atom stereocenters. The molecule has 2 aliphatic rings. The van der Waals surface area contributed by atoms with Crippen LogP contribution >= 0.6 is 0 Å².